The number of rotatable bonds is 5. The smallest absolute Gasteiger partial charge is 0.276 e. The van der Waals surface area contributed by atoms with Crippen LogP contribution >= 0.6 is 0 Å². The van der Waals surface area contributed by atoms with Crippen molar-refractivity contribution >= 4 is 5.91 Å². The van der Waals surface area contributed by atoms with Gasteiger partial charge >= 0.3 is 0 Å². The minimum Gasteiger partial charge on any atom is -0.336 e. The Labute approximate surface area is 101 Å². The highest BCUT2D eigenvalue weighted by molar-refractivity contribution is 5.91. The fourth-order valence-electron chi connectivity index (χ4n) is 1.51. The summed E-state index contributed by atoms with van der Waals surface area (Å²) >= 11 is 0. The van der Waals surface area contributed by atoms with Crippen LogP contribution in [0.15, 0.2) is 6.20 Å². The van der Waals surface area contributed by atoms with Gasteiger partial charge < -0.3 is 4.90 Å². The number of aromatic nitrogens is 3. The summed E-state index contributed by atoms with van der Waals surface area (Å²) < 4.78 is 1.49. The summed E-state index contributed by atoms with van der Waals surface area (Å²) in [4.78, 5) is 13.8. The molecule has 92 valence electrons. The van der Waals surface area contributed by atoms with Crippen molar-refractivity contribution in [1.29, 1.82) is 5.26 Å². The average Bonchev–Trinajstić information content (AvgIpc) is 2.69. The lowest BCUT2D eigenvalue weighted by Crippen LogP contribution is -2.35. The highest BCUT2D eigenvalue weighted by Crippen LogP contribution is 2.05. The van der Waals surface area contributed by atoms with Gasteiger partial charge in [0, 0.05) is 20.1 Å². The number of nitriles is 1. The van der Waals surface area contributed by atoms with Crippen molar-refractivity contribution in [1.82, 2.24) is 19.9 Å². The van der Waals surface area contributed by atoms with Crippen LogP contribution in [0.1, 0.15) is 30.8 Å². The van der Waals surface area contributed by atoms with Crippen LogP contribution in [0.5, 0.6) is 0 Å². The van der Waals surface area contributed by atoms with E-state index in [0.29, 0.717) is 31.1 Å². The summed E-state index contributed by atoms with van der Waals surface area (Å²) in [6.45, 7) is 5.12. The molecule has 1 aromatic rings. The minimum absolute atomic E-state index is 0.165. The molecule has 0 atom stereocenters. The Hall–Kier alpha value is -1.90. The first-order chi connectivity index (χ1) is 8.04. The van der Waals surface area contributed by atoms with E-state index in [9.17, 15) is 4.79 Å². The third kappa shape index (κ3) is 3.87. The molecule has 1 aromatic heterocycles. The lowest BCUT2D eigenvalue weighted by molar-refractivity contribution is 0.0734. The summed E-state index contributed by atoms with van der Waals surface area (Å²) in [6.07, 6.45) is 1.92. The van der Waals surface area contributed by atoms with Gasteiger partial charge in [0.1, 0.15) is 0 Å². The Kier molecular flexibility index (Phi) is 4.64. The van der Waals surface area contributed by atoms with E-state index >= 15 is 0 Å². The molecule has 6 heteroatoms. The highest BCUT2D eigenvalue weighted by atomic mass is 16.2. The number of aryl methyl sites for hydroxylation is 1. The zero-order valence-corrected chi connectivity index (χ0v) is 10.4. The van der Waals surface area contributed by atoms with Gasteiger partial charge in [0.15, 0.2) is 5.69 Å². The van der Waals surface area contributed by atoms with E-state index in [1.54, 1.807) is 18.1 Å². The van der Waals surface area contributed by atoms with Gasteiger partial charge in [-0.2, -0.15) is 5.26 Å². The predicted molar refractivity (Wildman–Crippen MR) is 62.0 cm³/mol. The molecule has 6 nitrogen and oxygen atoms in total. The zero-order valence-electron chi connectivity index (χ0n) is 10.4. The fraction of sp³-hybridized carbons (Fsp3) is 0.636. The molecule has 0 bridgehead atoms. The first-order valence-electron chi connectivity index (χ1n) is 5.57. The van der Waals surface area contributed by atoms with E-state index in [-0.39, 0.29) is 5.91 Å². The van der Waals surface area contributed by atoms with Gasteiger partial charge in [0.2, 0.25) is 0 Å². The molecule has 0 saturated heterocycles. The molecule has 17 heavy (non-hydrogen) atoms. The molecule has 1 rings (SSSR count). The Morgan fingerprint density at radius 1 is 1.65 bits per heavy atom. The summed E-state index contributed by atoms with van der Waals surface area (Å²) in [6, 6.07) is 2.05. The summed E-state index contributed by atoms with van der Waals surface area (Å²) in [5.74, 6) is 0.191. The van der Waals surface area contributed by atoms with E-state index < -0.39 is 0 Å². The van der Waals surface area contributed by atoms with Gasteiger partial charge in [-0.15, -0.1) is 5.10 Å². The number of hydrogen-bond acceptors (Lipinski definition) is 4. The Balaban J connectivity index is 2.75. The fourth-order valence-corrected chi connectivity index (χ4v) is 1.51. The number of carbonyl (C=O) groups excluding carboxylic acids is 1. The monoisotopic (exact) mass is 235 g/mol. The van der Waals surface area contributed by atoms with Crippen molar-refractivity contribution in [3.05, 3.63) is 11.9 Å². The highest BCUT2D eigenvalue weighted by Gasteiger charge is 2.19. The molecule has 0 radical (unpaired) electrons. The van der Waals surface area contributed by atoms with E-state index in [1.165, 1.54) is 4.68 Å². The largest absolute Gasteiger partial charge is 0.336 e. The summed E-state index contributed by atoms with van der Waals surface area (Å²) in [5.41, 5.74) is 0.325. The number of carbonyl (C=O) groups is 1. The van der Waals surface area contributed by atoms with Gasteiger partial charge in [-0.05, 0) is 5.92 Å². The molecule has 0 unspecified atom stereocenters. The second kappa shape index (κ2) is 5.99. The number of nitrogens with zero attached hydrogens (tertiary/aromatic N) is 5. The molecular formula is C11H17N5O. The molecule has 0 N–H and O–H groups in total. The van der Waals surface area contributed by atoms with E-state index in [4.69, 9.17) is 5.26 Å². The average molecular weight is 235 g/mol. The number of amides is 1. The van der Waals surface area contributed by atoms with Crippen LogP contribution < -0.4 is 0 Å². The van der Waals surface area contributed by atoms with Crippen LogP contribution in [0.2, 0.25) is 0 Å². The third-order valence-corrected chi connectivity index (χ3v) is 2.19. The first-order valence-corrected chi connectivity index (χ1v) is 5.57. The quantitative estimate of drug-likeness (QED) is 0.757. The van der Waals surface area contributed by atoms with Crippen molar-refractivity contribution in [2.45, 2.75) is 20.3 Å². The molecule has 0 saturated carbocycles. The second-order valence-electron chi connectivity index (χ2n) is 4.33. The van der Waals surface area contributed by atoms with Gasteiger partial charge in [-0.3, -0.25) is 9.48 Å². The molecule has 0 aromatic carbocycles. The van der Waals surface area contributed by atoms with Gasteiger partial charge in [0.05, 0.1) is 18.7 Å². The standard InChI is InChI=1S/C11H17N5O/c1-9(2)7-16(6-4-5-12)11(17)10-8-15(3)14-13-10/h8-9H,4,6-7H2,1-3H3. The van der Waals surface area contributed by atoms with Crippen LogP contribution in [0.3, 0.4) is 0 Å². The van der Waals surface area contributed by atoms with E-state index in [0.717, 1.165) is 0 Å². The zero-order chi connectivity index (χ0) is 12.8. The van der Waals surface area contributed by atoms with Gasteiger partial charge in [-0.1, -0.05) is 19.1 Å². The molecule has 1 heterocycles. The van der Waals surface area contributed by atoms with Crippen LogP contribution in [0, 0.1) is 17.2 Å². The Morgan fingerprint density at radius 3 is 2.82 bits per heavy atom. The second-order valence-corrected chi connectivity index (χ2v) is 4.33. The van der Waals surface area contributed by atoms with Crippen molar-refractivity contribution in [3.8, 4) is 6.07 Å². The van der Waals surface area contributed by atoms with Crippen LogP contribution in [-0.2, 0) is 7.05 Å². The normalized spacial score (nSPS) is 10.3. The van der Waals surface area contributed by atoms with Crippen LogP contribution in [0.4, 0.5) is 0 Å². The van der Waals surface area contributed by atoms with Crippen molar-refractivity contribution < 1.29 is 4.79 Å². The van der Waals surface area contributed by atoms with Crippen molar-refractivity contribution in [2.24, 2.45) is 13.0 Å². The maximum absolute atomic E-state index is 12.1. The molecule has 0 fully saturated rings. The van der Waals surface area contributed by atoms with Crippen molar-refractivity contribution in [2.75, 3.05) is 13.1 Å². The molecule has 0 spiro atoms. The molecule has 0 aliphatic rings. The van der Waals surface area contributed by atoms with E-state index in [2.05, 4.69) is 10.3 Å². The van der Waals surface area contributed by atoms with Gasteiger partial charge in [0.25, 0.3) is 5.91 Å². The predicted octanol–water partition coefficient (Wildman–Crippen LogP) is 0.827. The number of hydrogen-bond donors (Lipinski definition) is 0. The Morgan fingerprint density at radius 2 is 2.35 bits per heavy atom. The third-order valence-electron chi connectivity index (χ3n) is 2.19. The maximum atomic E-state index is 12.1. The summed E-state index contributed by atoms with van der Waals surface area (Å²) in [7, 11) is 1.71. The Bertz CT molecular complexity index is 418. The topological polar surface area (TPSA) is 74.8 Å². The molecule has 0 aliphatic carbocycles. The maximum Gasteiger partial charge on any atom is 0.276 e. The molecule has 0 aliphatic heterocycles. The van der Waals surface area contributed by atoms with Crippen molar-refractivity contribution in [3.63, 3.8) is 0 Å². The van der Waals surface area contributed by atoms with Crippen LogP contribution in [0.25, 0.3) is 0 Å². The van der Waals surface area contributed by atoms with Gasteiger partial charge in [-0.25, -0.2) is 0 Å². The van der Waals surface area contributed by atoms with Crippen LogP contribution in [-0.4, -0.2) is 38.9 Å². The SMILES string of the molecule is CC(C)CN(CCC#N)C(=O)c1cn(C)nn1. The molecule has 1 amide bonds. The minimum atomic E-state index is -0.165. The first kappa shape index (κ1) is 13.2. The lowest BCUT2D eigenvalue weighted by atomic mass is 10.2. The lowest BCUT2D eigenvalue weighted by Gasteiger charge is -2.22. The van der Waals surface area contributed by atoms with E-state index in [1.807, 2.05) is 19.9 Å². The summed E-state index contributed by atoms with van der Waals surface area (Å²) in [5, 5.41) is 16.1. The molecular weight excluding hydrogens is 218 g/mol.